The van der Waals surface area contributed by atoms with E-state index in [0.717, 1.165) is 30.8 Å². The van der Waals surface area contributed by atoms with E-state index < -0.39 is 0 Å². The number of rotatable bonds is 3. The summed E-state index contributed by atoms with van der Waals surface area (Å²) < 4.78 is 0. The first-order valence-electron chi connectivity index (χ1n) is 5.50. The summed E-state index contributed by atoms with van der Waals surface area (Å²) in [5.74, 6) is -0.207. The van der Waals surface area contributed by atoms with Gasteiger partial charge in [-0.2, -0.15) is 0 Å². The van der Waals surface area contributed by atoms with E-state index in [1.165, 1.54) is 11.3 Å². The number of thiophene rings is 1. The lowest BCUT2D eigenvalue weighted by Gasteiger charge is -2.15. The van der Waals surface area contributed by atoms with Crippen molar-refractivity contribution < 1.29 is 9.59 Å². The summed E-state index contributed by atoms with van der Waals surface area (Å²) in [5, 5.41) is 4.43. The average molecular weight is 270 g/mol. The molecule has 0 bridgehead atoms. The predicted molar refractivity (Wildman–Crippen MR) is 69.7 cm³/mol. The van der Waals surface area contributed by atoms with Gasteiger partial charge in [-0.05, 0) is 18.9 Å². The molecule has 2 heterocycles. The van der Waals surface area contributed by atoms with Gasteiger partial charge in [-0.25, -0.2) is 0 Å². The van der Waals surface area contributed by atoms with E-state index in [0.29, 0.717) is 4.88 Å². The standard InChI is InChI=1S/C11H14N2O2S2/c14-10(13-3-1-2-4-13)6-12-11(15)9-5-8(16)7-17-9/h5,7,16H,1-4,6H2,(H,12,15). The Morgan fingerprint density at radius 1 is 1.41 bits per heavy atom. The van der Waals surface area contributed by atoms with Gasteiger partial charge < -0.3 is 10.2 Å². The van der Waals surface area contributed by atoms with Crippen LogP contribution in [0.4, 0.5) is 0 Å². The third-order valence-electron chi connectivity index (χ3n) is 2.67. The minimum absolute atomic E-state index is 0.00139. The number of thiol groups is 1. The molecule has 1 aliphatic rings. The molecule has 0 atom stereocenters. The number of carbonyl (C=O) groups is 2. The molecule has 1 saturated heterocycles. The Morgan fingerprint density at radius 3 is 2.71 bits per heavy atom. The fraction of sp³-hybridized carbons (Fsp3) is 0.455. The lowest BCUT2D eigenvalue weighted by Crippen LogP contribution is -2.38. The van der Waals surface area contributed by atoms with Crippen molar-refractivity contribution in [1.29, 1.82) is 0 Å². The van der Waals surface area contributed by atoms with Crippen LogP contribution in [-0.2, 0) is 4.79 Å². The summed E-state index contributed by atoms with van der Waals surface area (Å²) in [4.78, 5) is 26.5. The summed E-state index contributed by atoms with van der Waals surface area (Å²) in [6.45, 7) is 1.71. The Kier molecular flexibility index (Phi) is 4.06. The fourth-order valence-electron chi connectivity index (χ4n) is 1.77. The summed E-state index contributed by atoms with van der Waals surface area (Å²) in [7, 11) is 0. The summed E-state index contributed by atoms with van der Waals surface area (Å²) >= 11 is 5.46. The van der Waals surface area contributed by atoms with E-state index in [1.54, 1.807) is 16.3 Å². The Labute approximate surface area is 109 Å². The van der Waals surface area contributed by atoms with Crippen LogP contribution in [0.5, 0.6) is 0 Å². The van der Waals surface area contributed by atoms with E-state index in [9.17, 15) is 9.59 Å². The number of amides is 2. The fourth-order valence-corrected chi connectivity index (χ4v) is 2.83. The van der Waals surface area contributed by atoms with Crippen LogP contribution in [0.15, 0.2) is 16.3 Å². The smallest absolute Gasteiger partial charge is 0.261 e. The maximum Gasteiger partial charge on any atom is 0.261 e. The van der Waals surface area contributed by atoms with Gasteiger partial charge in [0.05, 0.1) is 11.4 Å². The molecule has 1 aromatic heterocycles. The van der Waals surface area contributed by atoms with Gasteiger partial charge in [-0.3, -0.25) is 9.59 Å². The molecule has 92 valence electrons. The monoisotopic (exact) mass is 270 g/mol. The highest BCUT2D eigenvalue weighted by molar-refractivity contribution is 7.80. The zero-order valence-electron chi connectivity index (χ0n) is 9.31. The van der Waals surface area contributed by atoms with Crippen molar-refractivity contribution in [2.45, 2.75) is 17.7 Å². The number of nitrogens with zero attached hydrogens (tertiary/aromatic N) is 1. The van der Waals surface area contributed by atoms with Gasteiger partial charge in [-0.1, -0.05) is 0 Å². The third kappa shape index (κ3) is 3.23. The Bertz CT molecular complexity index is 425. The van der Waals surface area contributed by atoms with E-state index in [-0.39, 0.29) is 18.4 Å². The molecule has 1 N–H and O–H groups in total. The molecule has 0 saturated carbocycles. The minimum Gasteiger partial charge on any atom is -0.342 e. The molecular weight excluding hydrogens is 256 g/mol. The van der Waals surface area contributed by atoms with Gasteiger partial charge in [0.1, 0.15) is 0 Å². The van der Waals surface area contributed by atoms with Gasteiger partial charge in [-0.15, -0.1) is 24.0 Å². The van der Waals surface area contributed by atoms with E-state index in [2.05, 4.69) is 17.9 Å². The van der Waals surface area contributed by atoms with Crippen LogP contribution in [0.1, 0.15) is 22.5 Å². The molecule has 1 aromatic rings. The normalized spacial score (nSPS) is 15.0. The average Bonchev–Trinajstić information content (AvgIpc) is 2.95. The number of likely N-dealkylation sites (tertiary alicyclic amines) is 1. The molecule has 4 nitrogen and oxygen atoms in total. The topological polar surface area (TPSA) is 49.4 Å². The minimum atomic E-state index is -0.206. The second kappa shape index (κ2) is 5.55. The van der Waals surface area contributed by atoms with Crippen LogP contribution >= 0.6 is 24.0 Å². The van der Waals surface area contributed by atoms with Crippen LogP contribution in [-0.4, -0.2) is 36.3 Å². The van der Waals surface area contributed by atoms with Gasteiger partial charge in [0, 0.05) is 23.4 Å². The molecule has 2 rings (SSSR count). The Balaban J connectivity index is 1.81. The van der Waals surface area contributed by atoms with Gasteiger partial charge in [0.2, 0.25) is 5.91 Å². The summed E-state index contributed by atoms with van der Waals surface area (Å²) in [5.41, 5.74) is 0. The lowest BCUT2D eigenvalue weighted by molar-refractivity contribution is -0.129. The van der Waals surface area contributed by atoms with Crippen LogP contribution in [0.3, 0.4) is 0 Å². The zero-order valence-corrected chi connectivity index (χ0v) is 11.0. The molecule has 0 unspecified atom stereocenters. The molecule has 0 aliphatic carbocycles. The first kappa shape index (κ1) is 12.4. The van der Waals surface area contributed by atoms with Crippen molar-refractivity contribution in [3.8, 4) is 0 Å². The second-order valence-corrected chi connectivity index (χ2v) is 5.37. The van der Waals surface area contributed by atoms with Crippen molar-refractivity contribution in [1.82, 2.24) is 10.2 Å². The van der Waals surface area contributed by atoms with Crippen LogP contribution in [0, 0.1) is 0 Å². The highest BCUT2D eigenvalue weighted by Crippen LogP contribution is 2.17. The van der Waals surface area contributed by atoms with Crippen LogP contribution in [0.2, 0.25) is 0 Å². The van der Waals surface area contributed by atoms with E-state index in [4.69, 9.17) is 0 Å². The third-order valence-corrected chi connectivity index (χ3v) is 4.03. The number of nitrogens with one attached hydrogen (secondary N) is 1. The number of hydrogen-bond acceptors (Lipinski definition) is 4. The van der Waals surface area contributed by atoms with Crippen molar-refractivity contribution in [2.24, 2.45) is 0 Å². The highest BCUT2D eigenvalue weighted by Gasteiger charge is 2.18. The Hall–Kier alpha value is -1.01. The summed E-state index contributed by atoms with van der Waals surface area (Å²) in [6.07, 6.45) is 2.13. The maximum absolute atomic E-state index is 11.7. The molecule has 6 heteroatoms. The molecule has 0 aromatic carbocycles. The first-order valence-corrected chi connectivity index (χ1v) is 6.83. The first-order chi connectivity index (χ1) is 8.16. The zero-order chi connectivity index (χ0) is 12.3. The van der Waals surface area contributed by atoms with Gasteiger partial charge >= 0.3 is 0 Å². The quantitative estimate of drug-likeness (QED) is 0.816. The van der Waals surface area contributed by atoms with Gasteiger partial charge in [0.15, 0.2) is 0 Å². The SMILES string of the molecule is O=C(NCC(=O)N1CCCC1)c1cc(S)cs1. The largest absolute Gasteiger partial charge is 0.342 e. The van der Waals surface area contributed by atoms with Crippen molar-refractivity contribution in [3.05, 3.63) is 16.3 Å². The maximum atomic E-state index is 11.7. The number of hydrogen-bond donors (Lipinski definition) is 2. The number of carbonyl (C=O) groups excluding carboxylic acids is 2. The molecule has 1 fully saturated rings. The summed E-state index contributed by atoms with van der Waals surface area (Å²) in [6, 6.07) is 1.70. The molecule has 1 aliphatic heterocycles. The van der Waals surface area contributed by atoms with Crippen molar-refractivity contribution in [3.63, 3.8) is 0 Å². The molecular formula is C11H14N2O2S2. The molecule has 2 amide bonds. The van der Waals surface area contributed by atoms with E-state index >= 15 is 0 Å². The van der Waals surface area contributed by atoms with E-state index in [1.807, 2.05) is 0 Å². The molecule has 17 heavy (non-hydrogen) atoms. The molecule has 0 radical (unpaired) electrons. The van der Waals surface area contributed by atoms with Gasteiger partial charge in [0.25, 0.3) is 5.91 Å². The Morgan fingerprint density at radius 2 is 2.12 bits per heavy atom. The van der Waals surface area contributed by atoms with Crippen LogP contribution < -0.4 is 5.32 Å². The molecule has 0 spiro atoms. The van der Waals surface area contributed by atoms with Crippen molar-refractivity contribution >= 4 is 35.8 Å². The highest BCUT2D eigenvalue weighted by atomic mass is 32.1. The predicted octanol–water partition coefficient (Wildman–Crippen LogP) is 1.39. The van der Waals surface area contributed by atoms with Crippen LogP contribution in [0.25, 0.3) is 0 Å². The van der Waals surface area contributed by atoms with Crippen molar-refractivity contribution in [2.75, 3.05) is 19.6 Å². The second-order valence-electron chi connectivity index (χ2n) is 3.94. The lowest BCUT2D eigenvalue weighted by atomic mass is 10.4.